The zero-order valence-electron chi connectivity index (χ0n) is 29.2. The van der Waals surface area contributed by atoms with Crippen molar-refractivity contribution < 1.29 is 0 Å². The summed E-state index contributed by atoms with van der Waals surface area (Å²) < 4.78 is 0. The van der Waals surface area contributed by atoms with Crippen LogP contribution in [0.5, 0.6) is 0 Å². The Hall–Kier alpha value is -7.23. The van der Waals surface area contributed by atoms with Gasteiger partial charge in [-0.3, -0.25) is 9.97 Å². The first-order chi connectivity index (χ1) is 26.8. The van der Waals surface area contributed by atoms with E-state index in [0.717, 1.165) is 60.8 Å². The summed E-state index contributed by atoms with van der Waals surface area (Å²) >= 11 is 0. The van der Waals surface area contributed by atoms with E-state index >= 15 is 0 Å². The first kappa shape index (κ1) is 30.4. The number of hydrogen-bond donors (Lipinski definition) is 0. The van der Waals surface area contributed by atoms with Gasteiger partial charge in [0.05, 0.1) is 22.4 Å². The van der Waals surface area contributed by atoms with Gasteiger partial charge in [0.1, 0.15) is 0 Å². The summed E-state index contributed by atoms with van der Waals surface area (Å²) in [5, 5.41) is 11.8. The van der Waals surface area contributed by atoms with E-state index < -0.39 is 0 Å². The largest absolute Gasteiger partial charge is 0.256 e. The Morgan fingerprint density at radius 1 is 0.296 bits per heavy atom. The molecule has 0 atom stereocenters. The minimum atomic E-state index is 0.893. The Kier molecular flexibility index (Phi) is 6.86. The van der Waals surface area contributed by atoms with Crippen LogP contribution in [0.4, 0.5) is 0 Å². The van der Waals surface area contributed by atoms with Gasteiger partial charge in [-0.2, -0.15) is 0 Å². The quantitative estimate of drug-likeness (QED) is 0.173. The van der Waals surface area contributed by atoms with Gasteiger partial charge in [-0.1, -0.05) is 140 Å². The van der Waals surface area contributed by atoms with Crippen LogP contribution in [-0.2, 0) is 0 Å². The van der Waals surface area contributed by atoms with Crippen LogP contribution in [0, 0.1) is 0 Å². The van der Waals surface area contributed by atoms with Crippen molar-refractivity contribution in [3.05, 3.63) is 188 Å². The standard InChI is InChI=1S/C51H31N3/c1-2-12-34-27-36(23-22-32(34)11-1)44-29-47-45(37-24-25-48(53-31-37)43-21-9-14-33-15-10-26-52-50(33)43)30-49(54-51(47)42-20-8-7-19-41(42)44)46-28-35-13-3-4-16-38(35)39-17-5-6-18-40(39)46/h1-31H. The topological polar surface area (TPSA) is 38.7 Å². The van der Waals surface area contributed by atoms with Crippen LogP contribution in [-0.4, -0.2) is 15.0 Å². The van der Waals surface area contributed by atoms with Crippen LogP contribution in [0.1, 0.15) is 0 Å². The van der Waals surface area contributed by atoms with Gasteiger partial charge in [-0.05, 0) is 90.8 Å². The van der Waals surface area contributed by atoms with Gasteiger partial charge in [0, 0.05) is 45.2 Å². The number of para-hydroxylation sites is 1. The smallest absolute Gasteiger partial charge is 0.0795 e. The van der Waals surface area contributed by atoms with Gasteiger partial charge in [0.2, 0.25) is 0 Å². The maximum Gasteiger partial charge on any atom is 0.0795 e. The van der Waals surface area contributed by atoms with Crippen LogP contribution in [0.15, 0.2) is 188 Å². The van der Waals surface area contributed by atoms with Crippen molar-refractivity contribution in [1.29, 1.82) is 0 Å². The molecule has 11 rings (SSSR count). The van der Waals surface area contributed by atoms with Crippen molar-refractivity contribution in [2.45, 2.75) is 0 Å². The second kappa shape index (κ2) is 12.2. The van der Waals surface area contributed by atoms with Crippen molar-refractivity contribution in [2.75, 3.05) is 0 Å². The van der Waals surface area contributed by atoms with Crippen LogP contribution in [0.25, 0.3) is 110 Å². The molecular formula is C51H31N3. The lowest BCUT2D eigenvalue weighted by Gasteiger charge is -2.17. The average Bonchev–Trinajstić information content (AvgIpc) is 3.25. The van der Waals surface area contributed by atoms with Gasteiger partial charge in [-0.25, -0.2) is 4.98 Å². The number of benzene rings is 8. The van der Waals surface area contributed by atoms with Gasteiger partial charge in [-0.15, -0.1) is 0 Å². The summed E-state index contributed by atoms with van der Waals surface area (Å²) in [5.74, 6) is 0. The molecule has 0 saturated heterocycles. The lowest BCUT2D eigenvalue weighted by Crippen LogP contribution is -1.95. The fraction of sp³-hybridized carbons (Fsp3) is 0. The zero-order chi connectivity index (χ0) is 35.6. The molecule has 0 unspecified atom stereocenters. The first-order valence-electron chi connectivity index (χ1n) is 18.3. The van der Waals surface area contributed by atoms with Gasteiger partial charge in [0.25, 0.3) is 0 Å². The van der Waals surface area contributed by atoms with Crippen molar-refractivity contribution in [3.8, 4) is 44.8 Å². The van der Waals surface area contributed by atoms with Crippen molar-refractivity contribution in [3.63, 3.8) is 0 Å². The highest BCUT2D eigenvalue weighted by Gasteiger charge is 2.18. The molecular weight excluding hydrogens is 655 g/mol. The third-order valence-corrected chi connectivity index (χ3v) is 10.9. The number of aromatic nitrogens is 3. The molecule has 11 aromatic rings. The molecule has 0 spiro atoms. The lowest BCUT2D eigenvalue weighted by atomic mass is 9.89. The molecule has 250 valence electrons. The SMILES string of the molecule is c1ccc2cc(-c3cc4c(-c5ccc(-c6cccc7cccnc67)nc5)cc(-c5cc6ccccc6c6ccccc56)nc4c4ccccc34)ccc2c1. The van der Waals surface area contributed by atoms with E-state index in [1.165, 1.54) is 48.8 Å². The van der Waals surface area contributed by atoms with E-state index in [-0.39, 0.29) is 0 Å². The molecule has 0 aliphatic carbocycles. The minimum Gasteiger partial charge on any atom is -0.256 e. The molecule has 0 fully saturated rings. The molecule has 0 bridgehead atoms. The second-order valence-electron chi connectivity index (χ2n) is 14.0. The average molecular weight is 686 g/mol. The summed E-state index contributed by atoms with van der Waals surface area (Å²) in [5.41, 5.74) is 10.4. The predicted octanol–water partition coefficient (Wildman–Crippen LogP) is 13.5. The number of rotatable bonds is 4. The maximum atomic E-state index is 5.57. The normalized spacial score (nSPS) is 11.7. The van der Waals surface area contributed by atoms with E-state index in [1.807, 2.05) is 18.5 Å². The summed E-state index contributed by atoms with van der Waals surface area (Å²) in [6.07, 6.45) is 3.86. The maximum absolute atomic E-state index is 5.57. The molecule has 0 saturated carbocycles. The van der Waals surface area contributed by atoms with E-state index in [0.29, 0.717) is 0 Å². The molecule has 0 aliphatic heterocycles. The van der Waals surface area contributed by atoms with Crippen LogP contribution in [0.3, 0.4) is 0 Å². The lowest BCUT2D eigenvalue weighted by molar-refractivity contribution is 1.32. The fourth-order valence-corrected chi connectivity index (χ4v) is 8.32. The highest BCUT2D eigenvalue weighted by molar-refractivity contribution is 6.18. The minimum absolute atomic E-state index is 0.893. The van der Waals surface area contributed by atoms with E-state index in [1.54, 1.807) is 0 Å². The van der Waals surface area contributed by atoms with Gasteiger partial charge in [0.15, 0.2) is 0 Å². The van der Waals surface area contributed by atoms with Crippen molar-refractivity contribution in [2.24, 2.45) is 0 Å². The van der Waals surface area contributed by atoms with Gasteiger partial charge >= 0.3 is 0 Å². The molecule has 3 aromatic heterocycles. The zero-order valence-corrected chi connectivity index (χ0v) is 29.2. The number of nitrogens with zero attached hydrogens (tertiary/aromatic N) is 3. The summed E-state index contributed by atoms with van der Waals surface area (Å²) in [7, 11) is 0. The molecule has 0 aliphatic rings. The van der Waals surface area contributed by atoms with E-state index in [4.69, 9.17) is 15.0 Å². The van der Waals surface area contributed by atoms with E-state index in [9.17, 15) is 0 Å². The molecule has 0 N–H and O–H groups in total. The Bertz CT molecular complexity index is 3270. The molecule has 3 heteroatoms. The number of hydrogen-bond acceptors (Lipinski definition) is 3. The third-order valence-electron chi connectivity index (χ3n) is 10.9. The Morgan fingerprint density at radius 2 is 0.963 bits per heavy atom. The Morgan fingerprint density at radius 3 is 1.80 bits per heavy atom. The predicted molar refractivity (Wildman–Crippen MR) is 227 cm³/mol. The van der Waals surface area contributed by atoms with Gasteiger partial charge < -0.3 is 0 Å². The van der Waals surface area contributed by atoms with Crippen molar-refractivity contribution >= 4 is 64.9 Å². The first-order valence-corrected chi connectivity index (χ1v) is 18.3. The molecule has 3 nitrogen and oxygen atoms in total. The van der Waals surface area contributed by atoms with E-state index in [2.05, 4.69) is 170 Å². The molecule has 8 aromatic carbocycles. The molecule has 54 heavy (non-hydrogen) atoms. The van der Waals surface area contributed by atoms with Crippen LogP contribution in [0.2, 0.25) is 0 Å². The highest BCUT2D eigenvalue weighted by atomic mass is 14.7. The molecule has 3 heterocycles. The second-order valence-corrected chi connectivity index (χ2v) is 14.0. The van der Waals surface area contributed by atoms with Crippen LogP contribution >= 0.6 is 0 Å². The Labute approximate surface area is 311 Å². The molecule has 0 amide bonds. The third kappa shape index (κ3) is 4.87. The van der Waals surface area contributed by atoms with Crippen LogP contribution < -0.4 is 0 Å². The highest BCUT2D eigenvalue weighted by Crippen LogP contribution is 2.43. The number of pyridine rings is 3. The number of fused-ring (bicyclic) bond motifs is 8. The molecule has 0 radical (unpaired) electrons. The Balaban J connectivity index is 1.20. The van der Waals surface area contributed by atoms with Crippen molar-refractivity contribution in [1.82, 2.24) is 15.0 Å². The summed E-state index contributed by atoms with van der Waals surface area (Å²) in [4.78, 5) is 15.4. The summed E-state index contributed by atoms with van der Waals surface area (Å²) in [6.45, 7) is 0. The summed E-state index contributed by atoms with van der Waals surface area (Å²) in [6, 6.07) is 62.9. The fourth-order valence-electron chi connectivity index (χ4n) is 8.32. The monoisotopic (exact) mass is 685 g/mol.